The SMILES string of the molecule is Cc1cc(Br)ccc1NC(C)c1cccc(F)c1F. The van der Waals surface area contributed by atoms with Crippen molar-refractivity contribution in [2.75, 3.05) is 5.32 Å². The van der Waals surface area contributed by atoms with E-state index >= 15 is 0 Å². The first-order valence-electron chi connectivity index (χ1n) is 5.95. The molecule has 19 heavy (non-hydrogen) atoms. The van der Waals surface area contributed by atoms with Crippen molar-refractivity contribution in [3.63, 3.8) is 0 Å². The van der Waals surface area contributed by atoms with Crippen LogP contribution in [-0.2, 0) is 0 Å². The summed E-state index contributed by atoms with van der Waals surface area (Å²) >= 11 is 3.39. The minimum atomic E-state index is -0.821. The summed E-state index contributed by atoms with van der Waals surface area (Å²) < 4.78 is 27.9. The second-order valence-electron chi connectivity index (χ2n) is 4.47. The number of rotatable bonds is 3. The van der Waals surface area contributed by atoms with Gasteiger partial charge in [0.15, 0.2) is 11.6 Å². The predicted octanol–water partition coefficient (Wildman–Crippen LogP) is 5.21. The molecule has 0 saturated heterocycles. The molecular weight excluding hydrogens is 312 g/mol. The Labute approximate surface area is 119 Å². The fourth-order valence-corrected chi connectivity index (χ4v) is 2.43. The zero-order valence-corrected chi connectivity index (χ0v) is 12.3. The Kier molecular flexibility index (Phi) is 4.20. The van der Waals surface area contributed by atoms with Gasteiger partial charge in [-0.15, -0.1) is 0 Å². The zero-order chi connectivity index (χ0) is 14.0. The van der Waals surface area contributed by atoms with Gasteiger partial charge < -0.3 is 5.32 Å². The molecule has 1 atom stereocenters. The topological polar surface area (TPSA) is 12.0 Å². The number of aryl methyl sites for hydroxylation is 1. The fourth-order valence-electron chi connectivity index (χ4n) is 1.95. The minimum Gasteiger partial charge on any atom is -0.378 e. The highest BCUT2D eigenvalue weighted by Gasteiger charge is 2.14. The summed E-state index contributed by atoms with van der Waals surface area (Å²) in [5.41, 5.74) is 2.26. The van der Waals surface area contributed by atoms with E-state index in [0.29, 0.717) is 5.56 Å². The quantitative estimate of drug-likeness (QED) is 0.816. The average molecular weight is 326 g/mol. The van der Waals surface area contributed by atoms with Gasteiger partial charge in [0.2, 0.25) is 0 Å². The molecule has 0 aliphatic heterocycles. The molecule has 1 unspecified atom stereocenters. The summed E-state index contributed by atoms with van der Waals surface area (Å²) in [5, 5.41) is 3.19. The standard InChI is InChI=1S/C15H14BrF2N/c1-9-8-11(16)6-7-14(9)19-10(2)12-4-3-5-13(17)15(12)18/h3-8,10,19H,1-2H3. The third kappa shape index (κ3) is 3.13. The number of halogens is 3. The van der Waals surface area contributed by atoms with Gasteiger partial charge in [-0.1, -0.05) is 28.1 Å². The van der Waals surface area contributed by atoms with Crippen LogP contribution in [0.2, 0.25) is 0 Å². The van der Waals surface area contributed by atoms with E-state index in [4.69, 9.17) is 0 Å². The number of nitrogens with one attached hydrogen (secondary N) is 1. The molecule has 0 spiro atoms. The summed E-state index contributed by atoms with van der Waals surface area (Å²) in [6, 6.07) is 9.70. The first kappa shape index (κ1) is 14.0. The van der Waals surface area contributed by atoms with E-state index in [1.54, 1.807) is 13.0 Å². The van der Waals surface area contributed by atoms with Crippen molar-refractivity contribution in [2.45, 2.75) is 19.9 Å². The van der Waals surface area contributed by atoms with E-state index in [-0.39, 0.29) is 6.04 Å². The second-order valence-corrected chi connectivity index (χ2v) is 5.38. The van der Waals surface area contributed by atoms with Gasteiger partial charge in [0.25, 0.3) is 0 Å². The van der Waals surface area contributed by atoms with E-state index < -0.39 is 11.6 Å². The molecule has 1 N–H and O–H groups in total. The molecule has 0 heterocycles. The Morgan fingerprint density at radius 2 is 1.89 bits per heavy atom. The monoisotopic (exact) mass is 325 g/mol. The molecule has 2 rings (SSSR count). The van der Waals surface area contributed by atoms with Crippen molar-refractivity contribution in [3.05, 3.63) is 63.6 Å². The minimum absolute atomic E-state index is 0.310. The molecular formula is C15H14BrF2N. The van der Waals surface area contributed by atoms with Crippen LogP contribution in [0.5, 0.6) is 0 Å². The maximum absolute atomic E-state index is 13.7. The lowest BCUT2D eigenvalue weighted by Gasteiger charge is -2.18. The highest BCUT2D eigenvalue weighted by atomic mass is 79.9. The van der Waals surface area contributed by atoms with Gasteiger partial charge >= 0.3 is 0 Å². The van der Waals surface area contributed by atoms with Crippen LogP contribution in [0, 0.1) is 18.6 Å². The average Bonchev–Trinajstić information content (AvgIpc) is 2.36. The molecule has 100 valence electrons. The van der Waals surface area contributed by atoms with E-state index in [2.05, 4.69) is 21.2 Å². The van der Waals surface area contributed by atoms with Crippen molar-refractivity contribution in [1.82, 2.24) is 0 Å². The van der Waals surface area contributed by atoms with Gasteiger partial charge in [0, 0.05) is 15.7 Å². The predicted molar refractivity (Wildman–Crippen MR) is 77.3 cm³/mol. The van der Waals surface area contributed by atoms with Crippen LogP contribution in [0.3, 0.4) is 0 Å². The van der Waals surface area contributed by atoms with Crippen molar-refractivity contribution >= 4 is 21.6 Å². The number of hydrogen-bond donors (Lipinski definition) is 1. The summed E-state index contributed by atoms with van der Waals surface area (Å²) in [4.78, 5) is 0. The van der Waals surface area contributed by atoms with Crippen molar-refractivity contribution < 1.29 is 8.78 Å². The lowest BCUT2D eigenvalue weighted by molar-refractivity contribution is 0.494. The van der Waals surface area contributed by atoms with Crippen LogP contribution in [0.1, 0.15) is 24.1 Å². The summed E-state index contributed by atoms with van der Waals surface area (Å²) in [7, 11) is 0. The van der Waals surface area contributed by atoms with Crippen LogP contribution in [0.25, 0.3) is 0 Å². The first-order chi connectivity index (χ1) is 8.99. The molecule has 0 amide bonds. The van der Waals surface area contributed by atoms with Crippen LogP contribution in [-0.4, -0.2) is 0 Å². The molecule has 0 radical (unpaired) electrons. The van der Waals surface area contributed by atoms with Gasteiger partial charge in [-0.05, 0) is 43.7 Å². The maximum Gasteiger partial charge on any atom is 0.164 e. The van der Waals surface area contributed by atoms with Gasteiger partial charge in [-0.2, -0.15) is 0 Å². The zero-order valence-electron chi connectivity index (χ0n) is 10.7. The Bertz CT molecular complexity index is 599. The maximum atomic E-state index is 13.7. The van der Waals surface area contributed by atoms with Crippen molar-refractivity contribution in [3.8, 4) is 0 Å². The molecule has 0 aliphatic rings. The van der Waals surface area contributed by atoms with Gasteiger partial charge in [-0.25, -0.2) is 8.78 Å². The third-order valence-electron chi connectivity index (χ3n) is 3.01. The van der Waals surface area contributed by atoms with Crippen LogP contribution >= 0.6 is 15.9 Å². The Morgan fingerprint density at radius 3 is 2.58 bits per heavy atom. The third-order valence-corrected chi connectivity index (χ3v) is 3.50. The smallest absolute Gasteiger partial charge is 0.164 e. The Morgan fingerprint density at radius 1 is 1.16 bits per heavy atom. The Hall–Kier alpha value is -1.42. The highest BCUT2D eigenvalue weighted by Crippen LogP contribution is 2.26. The molecule has 0 saturated carbocycles. The molecule has 0 aliphatic carbocycles. The number of benzene rings is 2. The molecule has 4 heteroatoms. The lowest BCUT2D eigenvalue weighted by atomic mass is 10.1. The molecule has 2 aromatic carbocycles. The molecule has 2 aromatic rings. The van der Waals surface area contributed by atoms with Crippen LogP contribution in [0.4, 0.5) is 14.5 Å². The van der Waals surface area contributed by atoms with Gasteiger partial charge in [0.1, 0.15) is 0 Å². The van der Waals surface area contributed by atoms with E-state index in [1.807, 2.05) is 25.1 Å². The van der Waals surface area contributed by atoms with Crippen molar-refractivity contribution in [1.29, 1.82) is 0 Å². The molecule has 0 bridgehead atoms. The lowest BCUT2D eigenvalue weighted by Crippen LogP contribution is -2.10. The van der Waals surface area contributed by atoms with E-state index in [0.717, 1.165) is 21.8 Å². The first-order valence-corrected chi connectivity index (χ1v) is 6.75. The molecule has 0 fully saturated rings. The molecule has 0 aromatic heterocycles. The van der Waals surface area contributed by atoms with E-state index in [9.17, 15) is 8.78 Å². The van der Waals surface area contributed by atoms with E-state index in [1.165, 1.54) is 6.07 Å². The summed E-state index contributed by atoms with van der Waals surface area (Å²) in [6.07, 6.45) is 0. The number of hydrogen-bond acceptors (Lipinski definition) is 1. The van der Waals surface area contributed by atoms with Crippen molar-refractivity contribution in [2.24, 2.45) is 0 Å². The van der Waals surface area contributed by atoms with Gasteiger partial charge in [-0.3, -0.25) is 0 Å². The summed E-state index contributed by atoms with van der Waals surface area (Å²) in [5.74, 6) is -1.61. The normalized spacial score (nSPS) is 12.3. The number of anilines is 1. The largest absolute Gasteiger partial charge is 0.378 e. The summed E-state index contributed by atoms with van der Waals surface area (Å²) in [6.45, 7) is 3.76. The van der Waals surface area contributed by atoms with Crippen LogP contribution in [0.15, 0.2) is 40.9 Å². The Balaban J connectivity index is 2.25. The van der Waals surface area contributed by atoms with Crippen LogP contribution < -0.4 is 5.32 Å². The van der Waals surface area contributed by atoms with Gasteiger partial charge in [0.05, 0.1) is 6.04 Å². The highest BCUT2D eigenvalue weighted by molar-refractivity contribution is 9.10. The second kappa shape index (κ2) is 5.70. The molecule has 1 nitrogen and oxygen atoms in total. The fraction of sp³-hybridized carbons (Fsp3) is 0.200.